The molecule has 2 aliphatic rings. The van der Waals surface area contributed by atoms with Crippen molar-refractivity contribution >= 4 is 21.6 Å². The van der Waals surface area contributed by atoms with Gasteiger partial charge in [-0.2, -0.15) is 0 Å². The van der Waals surface area contributed by atoms with Crippen LogP contribution in [0.15, 0.2) is 53.4 Å². The van der Waals surface area contributed by atoms with Crippen molar-refractivity contribution in [3.05, 3.63) is 59.7 Å². The number of nitrogens with one attached hydrogen (secondary N) is 1. The van der Waals surface area contributed by atoms with E-state index in [4.69, 9.17) is 0 Å². The minimum absolute atomic E-state index is 0.0106. The average molecular weight is 399 g/mol. The molecule has 1 saturated carbocycles. The summed E-state index contributed by atoms with van der Waals surface area (Å²) in [5, 5.41) is 0. The summed E-state index contributed by atoms with van der Waals surface area (Å²) in [6.45, 7) is 2.02. The zero-order valence-corrected chi connectivity index (χ0v) is 16.9. The molecule has 1 aliphatic heterocycles. The summed E-state index contributed by atoms with van der Waals surface area (Å²) in [6.07, 6.45) is 5.83. The van der Waals surface area contributed by atoms with Crippen LogP contribution in [-0.4, -0.2) is 26.4 Å². The molecule has 1 unspecified atom stereocenters. The molecular weight excluding hydrogens is 372 g/mol. The molecule has 148 valence electrons. The number of fused-ring (bicyclic) bond motifs is 1. The number of benzene rings is 2. The number of rotatable bonds is 4. The largest absolute Gasteiger partial charge is 0.305 e. The molecule has 1 amide bonds. The number of anilines is 1. The van der Waals surface area contributed by atoms with Crippen molar-refractivity contribution in [1.29, 1.82) is 0 Å². The highest BCUT2D eigenvalue weighted by atomic mass is 32.2. The fraction of sp³-hybridized carbons (Fsp3) is 0.409. The molecule has 1 N–H and O–H groups in total. The lowest BCUT2D eigenvalue weighted by Crippen LogP contribution is -2.37. The third-order valence-electron chi connectivity index (χ3n) is 5.74. The van der Waals surface area contributed by atoms with E-state index in [1.165, 1.54) is 6.07 Å². The first-order chi connectivity index (χ1) is 13.5. The third kappa shape index (κ3) is 3.71. The summed E-state index contributed by atoms with van der Waals surface area (Å²) in [4.78, 5) is 15.1. The lowest BCUT2D eigenvalue weighted by atomic mass is 9.96. The zero-order chi connectivity index (χ0) is 19.7. The molecule has 0 saturated heterocycles. The van der Waals surface area contributed by atoms with Crippen LogP contribution in [0.25, 0.3) is 0 Å². The van der Waals surface area contributed by atoms with Gasteiger partial charge >= 0.3 is 0 Å². The predicted molar refractivity (Wildman–Crippen MR) is 110 cm³/mol. The molecule has 4 rings (SSSR count). The van der Waals surface area contributed by atoms with Gasteiger partial charge in [-0.1, -0.05) is 43.5 Å². The number of nitrogens with zero attached hydrogens (tertiary/aromatic N) is 1. The molecule has 1 heterocycles. The summed E-state index contributed by atoms with van der Waals surface area (Å²) in [5.74, 6) is -0.160. The molecule has 1 fully saturated rings. The summed E-state index contributed by atoms with van der Waals surface area (Å²) >= 11 is 0. The van der Waals surface area contributed by atoms with E-state index in [0.29, 0.717) is 5.56 Å². The summed E-state index contributed by atoms with van der Waals surface area (Å²) in [7, 11) is -3.63. The standard InChI is InChI=1S/C22H26N2O3S/c1-16-14-17-8-5-6-13-21(17)24(16)22(25)18-9-7-12-20(15-18)28(26,27)23-19-10-3-2-4-11-19/h5-9,12-13,15-16,19,23H,2-4,10-11,14H2,1H3. The molecule has 1 aliphatic carbocycles. The maximum absolute atomic E-state index is 13.2. The molecule has 0 spiro atoms. The van der Waals surface area contributed by atoms with Gasteiger partial charge in [-0.15, -0.1) is 0 Å². The van der Waals surface area contributed by atoms with Crippen LogP contribution >= 0.6 is 0 Å². The van der Waals surface area contributed by atoms with E-state index in [9.17, 15) is 13.2 Å². The maximum atomic E-state index is 13.2. The van der Waals surface area contributed by atoms with Crippen molar-refractivity contribution < 1.29 is 13.2 Å². The van der Waals surface area contributed by atoms with Crippen molar-refractivity contribution in [3.63, 3.8) is 0 Å². The summed E-state index contributed by atoms with van der Waals surface area (Å²) in [6, 6.07) is 14.3. The van der Waals surface area contributed by atoms with E-state index in [-0.39, 0.29) is 22.9 Å². The van der Waals surface area contributed by atoms with Crippen LogP contribution in [0.3, 0.4) is 0 Å². The van der Waals surface area contributed by atoms with Gasteiger partial charge in [0, 0.05) is 23.3 Å². The average Bonchev–Trinajstić information content (AvgIpc) is 3.03. The SMILES string of the molecule is CC1Cc2ccccc2N1C(=O)c1cccc(S(=O)(=O)NC2CCCCC2)c1. The second-order valence-electron chi connectivity index (χ2n) is 7.84. The molecule has 6 heteroatoms. The number of para-hydroxylation sites is 1. The van der Waals surface area contributed by atoms with E-state index in [0.717, 1.165) is 49.8 Å². The van der Waals surface area contributed by atoms with Crippen molar-refractivity contribution in [2.24, 2.45) is 0 Å². The van der Waals surface area contributed by atoms with E-state index in [2.05, 4.69) is 4.72 Å². The number of carbonyl (C=O) groups excluding carboxylic acids is 1. The van der Waals surface area contributed by atoms with E-state index in [1.807, 2.05) is 31.2 Å². The summed E-state index contributed by atoms with van der Waals surface area (Å²) < 4.78 is 28.5. The van der Waals surface area contributed by atoms with E-state index in [1.54, 1.807) is 23.1 Å². The van der Waals surface area contributed by atoms with Crippen LogP contribution in [0, 0.1) is 0 Å². The quantitative estimate of drug-likeness (QED) is 0.850. The fourth-order valence-electron chi connectivity index (χ4n) is 4.32. The molecule has 5 nitrogen and oxygen atoms in total. The minimum atomic E-state index is -3.63. The number of hydrogen-bond donors (Lipinski definition) is 1. The Labute approximate surface area is 166 Å². The van der Waals surface area contributed by atoms with Gasteiger partial charge in [0.15, 0.2) is 0 Å². The summed E-state index contributed by atoms with van der Waals surface area (Å²) in [5.41, 5.74) is 2.45. The van der Waals surface area contributed by atoms with Crippen molar-refractivity contribution in [3.8, 4) is 0 Å². The topological polar surface area (TPSA) is 66.5 Å². The zero-order valence-electron chi connectivity index (χ0n) is 16.1. The Morgan fingerprint density at radius 3 is 2.57 bits per heavy atom. The van der Waals surface area contributed by atoms with Crippen LogP contribution in [0.5, 0.6) is 0 Å². The molecule has 2 aromatic rings. The van der Waals surface area contributed by atoms with Crippen molar-refractivity contribution in [2.45, 2.75) is 62.4 Å². The Hall–Kier alpha value is -2.18. The molecule has 28 heavy (non-hydrogen) atoms. The molecular formula is C22H26N2O3S. The second-order valence-corrected chi connectivity index (χ2v) is 9.56. The minimum Gasteiger partial charge on any atom is -0.305 e. The second kappa shape index (κ2) is 7.68. The van der Waals surface area contributed by atoms with Crippen LogP contribution in [0.1, 0.15) is 54.9 Å². The lowest BCUT2D eigenvalue weighted by Gasteiger charge is -2.24. The normalized spacial score (nSPS) is 20.2. The Kier molecular flexibility index (Phi) is 5.25. The van der Waals surface area contributed by atoms with Crippen molar-refractivity contribution in [1.82, 2.24) is 4.72 Å². The lowest BCUT2D eigenvalue weighted by molar-refractivity contribution is 0.0981. The van der Waals surface area contributed by atoms with E-state index >= 15 is 0 Å². The van der Waals surface area contributed by atoms with Gasteiger partial charge in [0.1, 0.15) is 0 Å². The highest BCUT2D eigenvalue weighted by Gasteiger charge is 2.32. The fourth-order valence-corrected chi connectivity index (χ4v) is 5.67. The molecule has 0 bridgehead atoms. The van der Waals surface area contributed by atoms with Crippen molar-refractivity contribution in [2.75, 3.05) is 4.90 Å². The maximum Gasteiger partial charge on any atom is 0.258 e. The monoisotopic (exact) mass is 398 g/mol. The van der Waals surface area contributed by atoms with Gasteiger partial charge in [-0.3, -0.25) is 4.79 Å². The van der Waals surface area contributed by atoms with Crippen LogP contribution in [-0.2, 0) is 16.4 Å². The predicted octanol–water partition coefficient (Wildman–Crippen LogP) is 3.89. The first-order valence-electron chi connectivity index (χ1n) is 9.99. The number of sulfonamides is 1. The molecule has 1 atom stereocenters. The Balaban J connectivity index is 1.59. The molecule has 0 radical (unpaired) electrons. The Morgan fingerprint density at radius 2 is 1.79 bits per heavy atom. The van der Waals surface area contributed by atoms with Gasteiger partial charge in [0.25, 0.3) is 5.91 Å². The first-order valence-corrected chi connectivity index (χ1v) is 11.5. The highest BCUT2D eigenvalue weighted by Crippen LogP contribution is 2.33. The number of amides is 1. The van der Waals surface area contributed by atoms with Gasteiger partial charge in [0.2, 0.25) is 10.0 Å². The van der Waals surface area contributed by atoms with Gasteiger partial charge < -0.3 is 4.90 Å². The first kappa shape index (κ1) is 19.2. The molecule has 2 aromatic carbocycles. The van der Waals surface area contributed by atoms with Crippen LogP contribution in [0.2, 0.25) is 0 Å². The van der Waals surface area contributed by atoms with Crippen LogP contribution < -0.4 is 9.62 Å². The Morgan fingerprint density at radius 1 is 1.04 bits per heavy atom. The van der Waals surface area contributed by atoms with Crippen LogP contribution in [0.4, 0.5) is 5.69 Å². The van der Waals surface area contributed by atoms with Gasteiger partial charge in [-0.25, -0.2) is 13.1 Å². The van der Waals surface area contributed by atoms with Gasteiger partial charge in [-0.05, 0) is 56.0 Å². The smallest absolute Gasteiger partial charge is 0.258 e. The number of carbonyl (C=O) groups is 1. The third-order valence-corrected chi connectivity index (χ3v) is 7.26. The van der Waals surface area contributed by atoms with E-state index < -0.39 is 10.0 Å². The number of hydrogen-bond acceptors (Lipinski definition) is 3. The highest BCUT2D eigenvalue weighted by molar-refractivity contribution is 7.89. The Bertz CT molecular complexity index is 981. The molecule has 0 aromatic heterocycles. The van der Waals surface area contributed by atoms with Gasteiger partial charge in [0.05, 0.1) is 4.90 Å².